The van der Waals surface area contributed by atoms with Crippen molar-refractivity contribution < 1.29 is 13.2 Å². The smallest absolute Gasteiger partial charge is 0.258 e. The number of carbonyl (C=O) groups is 1. The first-order chi connectivity index (χ1) is 13.8. The Morgan fingerprint density at radius 2 is 1.41 bits per heavy atom. The van der Waals surface area contributed by atoms with Crippen molar-refractivity contribution in [3.63, 3.8) is 0 Å². The molecule has 3 aromatic carbocycles. The monoisotopic (exact) mass is 408 g/mol. The third-order valence-corrected chi connectivity index (χ3v) is 5.97. The second-order valence-electron chi connectivity index (χ2n) is 6.94. The molecule has 0 heterocycles. The Morgan fingerprint density at radius 3 is 2.00 bits per heavy atom. The van der Waals surface area contributed by atoms with Gasteiger partial charge in [0.05, 0.1) is 18.5 Å². The molecule has 0 fully saturated rings. The van der Waals surface area contributed by atoms with Crippen LogP contribution in [0.1, 0.15) is 21.5 Å². The van der Waals surface area contributed by atoms with Gasteiger partial charge in [0.1, 0.15) is 0 Å². The minimum Gasteiger partial charge on any atom is -0.311 e. The summed E-state index contributed by atoms with van der Waals surface area (Å²) in [5, 5.41) is 0. The van der Waals surface area contributed by atoms with Crippen LogP contribution in [-0.2, 0) is 16.6 Å². The molecule has 0 saturated carbocycles. The van der Waals surface area contributed by atoms with E-state index in [1.54, 1.807) is 36.2 Å². The summed E-state index contributed by atoms with van der Waals surface area (Å²) in [6.07, 6.45) is 1.19. The molecular weight excluding hydrogens is 384 g/mol. The van der Waals surface area contributed by atoms with E-state index in [0.29, 0.717) is 11.3 Å². The van der Waals surface area contributed by atoms with E-state index in [1.807, 2.05) is 61.5 Å². The Labute approximate surface area is 172 Å². The summed E-state index contributed by atoms with van der Waals surface area (Å²) in [5.41, 5.74) is 3.76. The molecule has 3 aromatic rings. The molecular formula is C23H24N2O3S. The van der Waals surface area contributed by atoms with Crippen LogP contribution in [0.5, 0.6) is 0 Å². The second kappa shape index (κ2) is 8.49. The van der Waals surface area contributed by atoms with Crippen LogP contribution in [0, 0.1) is 6.92 Å². The third kappa shape index (κ3) is 4.84. The molecule has 6 heteroatoms. The van der Waals surface area contributed by atoms with Crippen molar-refractivity contribution in [3.05, 3.63) is 95.6 Å². The minimum absolute atomic E-state index is 0.160. The fourth-order valence-electron chi connectivity index (χ4n) is 3.08. The molecule has 5 nitrogen and oxygen atoms in total. The highest BCUT2D eigenvalue weighted by Crippen LogP contribution is 2.23. The fourth-order valence-corrected chi connectivity index (χ4v) is 3.95. The van der Waals surface area contributed by atoms with E-state index in [-0.39, 0.29) is 12.5 Å². The topological polar surface area (TPSA) is 57.7 Å². The van der Waals surface area contributed by atoms with E-state index in [0.717, 1.165) is 16.8 Å². The molecule has 0 aliphatic heterocycles. The molecule has 0 N–H and O–H groups in total. The predicted molar refractivity (Wildman–Crippen MR) is 118 cm³/mol. The lowest BCUT2D eigenvalue weighted by Crippen LogP contribution is -2.30. The molecule has 0 unspecified atom stereocenters. The zero-order valence-electron chi connectivity index (χ0n) is 16.7. The van der Waals surface area contributed by atoms with Crippen LogP contribution < -0.4 is 9.21 Å². The number of hydrogen-bond acceptors (Lipinski definition) is 3. The predicted octanol–water partition coefficient (Wildman–Crippen LogP) is 4.24. The summed E-state index contributed by atoms with van der Waals surface area (Å²) in [5.74, 6) is -0.160. The van der Waals surface area contributed by atoms with Gasteiger partial charge in [-0.15, -0.1) is 0 Å². The van der Waals surface area contributed by atoms with E-state index >= 15 is 0 Å². The fraction of sp³-hybridized carbons (Fsp3) is 0.174. The van der Waals surface area contributed by atoms with Gasteiger partial charge in [-0.2, -0.15) is 0 Å². The maximum absolute atomic E-state index is 12.8. The summed E-state index contributed by atoms with van der Waals surface area (Å²) in [7, 11) is -1.77. The summed E-state index contributed by atoms with van der Waals surface area (Å²) in [6.45, 7) is 2.19. The summed E-state index contributed by atoms with van der Waals surface area (Å²) in [4.78, 5) is 14.3. The molecule has 0 saturated heterocycles. The third-order valence-electron chi connectivity index (χ3n) is 4.83. The number of nitrogens with zero attached hydrogens (tertiary/aromatic N) is 2. The van der Waals surface area contributed by atoms with Crippen LogP contribution >= 0.6 is 0 Å². The Kier molecular flexibility index (Phi) is 6.03. The number of hydrogen-bond donors (Lipinski definition) is 0. The maximum atomic E-state index is 12.8. The molecule has 29 heavy (non-hydrogen) atoms. The van der Waals surface area contributed by atoms with Crippen molar-refractivity contribution in [3.8, 4) is 0 Å². The Bertz CT molecular complexity index is 1090. The number of carbonyl (C=O) groups excluding carboxylic acids is 1. The van der Waals surface area contributed by atoms with Crippen LogP contribution in [0.4, 0.5) is 11.4 Å². The summed E-state index contributed by atoms with van der Waals surface area (Å²) >= 11 is 0. The van der Waals surface area contributed by atoms with Crippen molar-refractivity contribution in [2.45, 2.75) is 13.5 Å². The zero-order valence-corrected chi connectivity index (χ0v) is 17.6. The Hall–Kier alpha value is -3.12. The van der Waals surface area contributed by atoms with Crippen molar-refractivity contribution in [1.29, 1.82) is 0 Å². The molecule has 1 amide bonds. The molecule has 0 aliphatic carbocycles. The summed E-state index contributed by atoms with van der Waals surface area (Å²) in [6, 6.07) is 23.7. The van der Waals surface area contributed by atoms with Crippen molar-refractivity contribution >= 4 is 27.3 Å². The van der Waals surface area contributed by atoms with Gasteiger partial charge in [-0.1, -0.05) is 42.5 Å². The van der Waals surface area contributed by atoms with E-state index in [4.69, 9.17) is 0 Å². The number of amides is 1. The normalized spacial score (nSPS) is 11.1. The average Bonchev–Trinajstić information content (AvgIpc) is 2.72. The number of anilines is 2. The molecule has 0 spiro atoms. The first-order valence-electron chi connectivity index (χ1n) is 9.23. The number of benzene rings is 3. The highest BCUT2D eigenvalue weighted by molar-refractivity contribution is 7.92. The van der Waals surface area contributed by atoms with Crippen molar-refractivity contribution in [1.82, 2.24) is 0 Å². The van der Waals surface area contributed by atoms with Crippen molar-refractivity contribution in [2.75, 3.05) is 22.5 Å². The van der Waals surface area contributed by atoms with Gasteiger partial charge in [-0.25, -0.2) is 8.42 Å². The molecule has 3 rings (SSSR count). The molecule has 150 valence electrons. The van der Waals surface area contributed by atoms with E-state index in [9.17, 15) is 13.2 Å². The largest absolute Gasteiger partial charge is 0.311 e. The van der Waals surface area contributed by atoms with Gasteiger partial charge in [0.2, 0.25) is 10.0 Å². The first-order valence-corrected chi connectivity index (χ1v) is 11.1. The molecule has 0 aliphatic rings. The van der Waals surface area contributed by atoms with Crippen LogP contribution in [0.25, 0.3) is 0 Å². The minimum atomic E-state index is -3.49. The van der Waals surface area contributed by atoms with E-state index in [1.165, 1.54) is 10.6 Å². The molecule has 0 radical (unpaired) electrons. The highest BCUT2D eigenvalue weighted by Gasteiger charge is 2.20. The zero-order chi connectivity index (χ0) is 21.0. The molecule has 0 aromatic heterocycles. The van der Waals surface area contributed by atoms with Crippen LogP contribution in [0.3, 0.4) is 0 Å². The number of sulfonamides is 1. The van der Waals surface area contributed by atoms with Crippen LogP contribution in [0.15, 0.2) is 78.9 Å². The van der Waals surface area contributed by atoms with Crippen molar-refractivity contribution in [2.24, 2.45) is 0 Å². The average molecular weight is 409 g/mol. The lowest BCUT2D eigenvalue weighted by Gasteiger charge is -2.24. The second-order valence-corrected chi connectivity index (χ2v) is 8.85. The lowest BCUT2D eigenvalue weighted by molar-refractivity contribution is 0.0993. The number of aryl methyl sites for hydroxylation is 1. The lowest BCUT2D eigenvalue weighted by atomic mass is 10.1. The molecule has 0 atom stereocenters. The maximum Gasteiger partial charge on any atom is 0.258 e. The highest BCUT2D eigenvalue weighted by atomic mass is 32.2. The number of para-hydroxylation sites is 1. The Balaban J connectivity index is 1.86. The van der Waals surface area contributed by atoms with Gasteiger partial charge >= 0.3 is 0 Å². The van der Waals surface area contributed by atoms with E-state index in [2.05, 4.69) is 0 Å². The SMILES string of the molecule is Cc1ccccc1CN(c1ccc(C(=O)N(C)c2ccccc2)cc1)S(C)(=O)=O. The van der Waals surface area contributed by atoms with Gasteiger partial charge in [0, 0.05) is 18.3 Å². The van der Waals surface area contributed by atoms with Crippen LogP contribution in [-0.4, -0.2) is 27.6 Å². The quantitative estimate of drug-likeness (QED) is 0.613. The standard InChI is InChI=1S/C23H24N2O3S/c1-18-9-7-8-10-20(18)17-25(29(3,27)28)22-15-13-19(14-16-22)23(26)24(2)21-11-5-4-6-12-21/h4-16H,17H2,1-3H3. The van der Waals surface area contributed by atoms with Gasteiger partial charge in [0.15, 0.2) is 0 Å². The van der Waals surface area contributed by atoms with Gasteiger partial charge in [-0.3, -0.25) is 9.10 Å². The number of rotatable bonds is 6. The summed E-state index contributed by atoms with van der Waals surface area (Å²) < 4.78 is 26.2. The molecule has 0 bridgehead atoms. The van der Waals surface area contributed by atoms with Gasteiger partial charge in [0.25, 0.3) is 5.91 Å². The van der Waals surface area contributed by atoms with Gasteiger partial charge < -0.3 is 4.90 Å². The van der Waals surface area contributed by atoms with Gasteiger partial charge in [-0.05, 0) is 54.4 Å². The first kappa shape index (κ1) is 20.6. The van der Waals surface area contributed by atoms with E-state index < -0.39 is 10.0 Å². The van der Waals surface area contributed by atoms with Crippen LogP contribution in [0.2, 0.25) is 0 Å². The Morgan fingerprint density at radius 1 is 0.828 bits per heavy atom.